The van der Waals surface area contributed by atoms with E-state index in [0.717, 1.165) is 12.5 Å². The van der Waals surface area contributed by atoms with Crippen LogP contribution < -0.4 is 5.73 Å². The second-order valence-corrected chi connectivity index (χ2v) is 6.98. The lowest BCUT2D eigenvalue weighted by molar-refractivity contribution is 0.280. The van der Waals surface area contributed by atoms with E-state index >= 15 is 0 Å². The zero-order chi connectivity index (χ0) is 15.3. The Morgan fingerprint density at radius 2 is 1.30 bits per heavy atom. The van der Waals surface area contributed by atoms with Crippen LogP contribution in [0.4, 0.5) is 0 Å². The van der Waals surface area contributed by atoms with Gasteiger partial charge in [-0.3, -0.25) is 0 Å². The lowest BCUT2D eigenvalue weighted by Gasteiger charge is -2.28. The van der Waals surface area contributed by atoms with Gasteiger partial charge in [-0.2, -0.15) is 0 Å². The van der Waals surface area contributed by atoms with Crippen molar-refractivity contribution in [3.63, 3.8) is 0 Å². The molecule has 1 unspecified atom stereocenters. The summed E-state index contributed by atoms with van der Waals surface area (Å²) in [7, 11) is 0. The van der Waals surface area contributed by atoms with Gasteiger partial charge in [-0.25, -0.2) is 0 Å². The molecule has 1 nitrogen and oxygen atoms in total. The van der Waals surface area contributed by atoms with Crippen molar-refractivity contribution in [2.24, 2.45) is 17.1 Å². The third-order valence-electron chi connectivity index (χ3n) is 4.71. The molecule has 0 saturated heterocycles. The Bertz CT molecular complexity index is 230. The van der Waals surface area contributed by atoms with Crippen LogP contribution in [0.1, 0.15) is 91.9 Å². The normalized spacial score (nSPS) is 14.1. The minimum Gasteiger partial charge on any atom is -0.330 e. The molecule has 0 radical (unpaired) electrons. The highest BCUT2D eigenvalue weighted by atomic mass is 14.5. The van der Waals surface area contributed by atoms with Gasteiger partial charge in [-0.05, 0) is 37.6 Å². The van der Waals surface area contributed by atoms with Crippen LogP contribution in [0, 0.1) is 11.3 Å². The first kappa shape index (κ1) is 19.7. The Balaban J connectivity index is 3.40. The SMILES string of the molecule is CC=CC(C)(C)C(C)CCCCCCCCCCCN. The van der Waals surface area contributed by atoms with Crippen LogP contribution in [-0.4, -0.2) is 6.54 Å². The van der Waals surface area contributed by atoms with Crippen LogP contribution in [0.15, 0.2) is 12.2 Å². The number of hydrogen-bond donors (Lipinski definition) is 1. The highest BCUT2D eigenvalue weighted by molar-refractivity contribution is 4.95. The van der Waals surface area contributed by atoms with E-state index in [9.17, 15) is 0 Å². The molecule has 20 heavy (non-hydrogen) atoms. The minimum absolute atomic E-state index is 0.359. The summed E-state index contributed by atoms with van der Waals surface area (Å²) in [5, 5.41) is 0. The summed E-state index contributed by atoms with van der Waals surface area (Å²) in [6.07, 6.45) is 18.3. The van der Waals surface area contributed by atoms with Crippen LogP contribution >= 0.6 is 0 Å². The van der Waals surface area contributed by atoms with E-state index in [1.165, 1.54) is 64.2 Å². The largest absolute Gasteiger partial charge is 0.330 e. The van der Waals surface area contributed by atoms with E-state index in [1.807, 2.05) is 0 Å². The molecule has 0 fully saturated rings. The highest BCUT2D eigenvalue weighted by Crippen LogP contribution is 2.32. The van der Waals surface area contributed by atoms with E-state index < -0.39 is 0 Å². The average molecular weight is 282 g/mol. The summed E-state index contributed by atoms with van der Waals surface area (Å²) in [5.41, 5.74) is 5.85. The molecule has 0 rings (SSSR count). The van der Waals surface area contributed by atoms with E-state index in [-0.39, 0.29) is 0 Å². The van der Waals surface area contributed by atoms with E-state index in [0.29, 0.717) is 5.41 Å². The van der Waals surface area contributed by atoms with Crippen molar-refractivity contribution in [2.45, 2.75) is 91.9 Å². The minimum atomic E-state index is 0.359. The van der Waals surface area contributed by atoms with Crippen LogP contribution in [0.5, 0.6) is 0 Å². The Hall–Kier alpha value is -0.300. The van der Waals surface area contributed by atoms with Crippen molar-refractivity contribution >= 4 is 0 Å². The summed E-state index contributed by atoms with van der Waals surface area (Å²) in [5.74, 6) is 0.787. The number of allylic oxidation sites excluding steroid dienone is 2. The molecule has 120 valence electrons. The molecule has 1 atom stereocenters. The maximum Gasteiger partial charge on any atom is -0.00773 e. The monoisotopic (exact) mass is 281 g/mol. The molecule has 0 saturated carbocycles. The topological polar surface area (TPSA) is 26.0 Å². The zero-order valence-corrected chi connectivity index (χ0v) is 14.6. The van der Waals surface area contributed by atoms with Gasteiger partial charge in [0.15, 0.2) is 0 Å². The molecule has 0 aliphatic carbocycles. The molecule has 1 heteroatoms. The van der Waals surface area contributed by atoms with Crippen molar-refractivity contribution in [1.29, 1.82) is 0 Å². The third-order valence-corrected chi connectivity index (χ3v) is 4.71. The second-order valence-electron chi connectivity index (χ2n) is 6.98. The van der Waals surface area contributed by atoms with Crippen LogP contribution in [0.3, 0.4) is 0 Å². The molecule has 0 aromatic carbocycles. The summed E-state index contributed by atoms with van der Waals surface area (Å²) in [6, 6.07) is 0. The zero-order valence-electron chi connectivity index (χ0n) is 14.6. The molecule has 0 heterocycles. The number of nitrogens with two attached hydrogens (primary N) is 1. The van der Waals surface area contributed by atoms with Gasteiger partial charge in [0.25, 0.3) is 0 Å². The van der Waals surface area contributed by atoms with Gasteiger partial charge in [-0.1, -0.05) is 84.3 Å². The summed E-state index contributed by atoms with van der Waals surface area (Å²) in [6.45, 7) is 10.1. The van der Waals surface area contributed by atoms with Gasteiger partial charge >= 0.3 is 0 Å². The smallest absolute Gasteiger partial charge is 0.00773 e. The lowest BCUT2D eigenvalue weighted by Crippen LogP contribution is -2.18. The molecule has 0 aliphatic heterocycles. The molecule has 0 bridgehead atoms. The third kappa shape index (κ3) is 10.5. The van der Waals surface area contributed by atoms with Gasteiger partial charge in [0.1, 0.15) is 0 Å². The lowest BCUT2D eigenvalue weighted by atomic mass is 9.77. The number of unbranched alkanes of at least 4 members (excludes halogenated alkanes) is 8. The summed E-state index contributed by atoms with van der Waals surface area (Å²) < 4.78 is 0. The fraction of sp³-hybridized carbons (Fsp3) is 0.895. The van der Waals surface area contributed by atoms with Gasteiger partial charge in [0.2, 0.25) is 0 Å². The van der Waals surface area contributed by atoms with Crippen molar-refractivity contribution in [2.75, 3.05) is 6.54 Å². The Morgan fingerprint density at radius 1 is 0.850 bits per heavy atom. The van der Waals surface area contributed by atoms with Gasteiger partial charge in [-0.15, -0.1) is 0 Å². The molecule has 0 spiro atoms. The molecule has 0 amide bonds. The van der Waals surface area contributed by atoms with Crippen LogP contribution in [-0.2, 0) is 0 Å². The highest BCUT2D eigenvalue weighted by Gasteiger charge is 2.21. The molecular formula is C19H39N. The quantitative estimate of drug-likeness (QED) is 0.321. The molecular weight excluding hydrogens is 242 g/mol. The fourth-order valence-electron chi connectivity index (χ4n) is 2.80. The number of rotatable bonds is 13. The Labute approximate surface area is 128 Å². The molecule has 0 aliphatic rings. The predicted molar refractivity (Wildman–Crippen MR) is 93.0 cm³/mol. The van der Waals surface area contributed by atoms with Crippen LogP contribution in [0.2, 0.25) is 0 Å². The average Bonchev–Trinajstić information content (AvgIpc) is 2.40. The molecule has 2 N–H and O–H groups in total. The first-order valence-electron chi connectivity index (χ1n) is 8.88. The standard InChI is InChI=1S/C19H39N/c1-5-16-19(3,4)18(2)15-13-11-9-7-6-8-10-12-14-17-20/h5,16,18H,6-15,17,20H2,1-4H3. The second kappa shape index (κ2) is 12.4. The van der Waals surface area contributed by atoms with Gasteiger partial charge in [0, 0.05) is 0 Å². The maximum atomic E-state index is 5.49. The van der Waals surface area contributed by atoms with Gasteiger partial charge < -0.3 is 5.73 Å². The van der Waals surface area contributed by atoms with Crippen molar-refractivity contribution in [3.05, 3.63) is 12.2 Å². The van der Waals surface area contributed by atoms with Crippen LogP contribution in [0.25, 0.3) is 0 Å². The van der Waals surface area contributed by atoms with E-state index in [1.54, 1.807) is 0 Å². The first-order chi connectivity index (χ1) is 9.54. The molecule has 0 aromatic heterocycles. The maximum absolute atomic E-state index is 5.49. The van der Waals surface area contributed by atoms with E-state index in [2.05, 4.69) is 39.8 Å². The summed E-state index contributed by atoms with van der Waals surface area (Å²) in [4.78, 5) is 0. The van der Waals surface area contributed by atoms with Crippen molar-refractivity contribution in [1.82, 2.24) is 0 Å². The Kier molecular flexibility index (Phi) is 12.3. The summed E-state index contributed by atoms with van der Waals surface area (Å²) >= 11 is 0. The number of hydrogen-bond acceptors (Lipinski definition) is 1. The molecule has 0 aromatic rings. The van der Waals surface area contributed by atoms with Gasteiger partial charge in [0.05, 0.1) is 0 Å². The first-order valence-corrected chi connectivity index (χ1v) is 8.88. The van der Waals surface area contributed by atoms with Crippen molar-refractivity contribution in [3.8, 4) is 0 Å². The van der Waals surface area contributed by atoms with E-state index in [4.69, 9.17) is 5.73 Å². The predicted octanol–water partition coefficient (Wildman–Crippen LogP) is 6.08. The van der Waals surface area contributed by atoms with Crippen molar-refractivity contribution < 1.29 is 0 Å². The fourth-order valence-corrected chi connectivity index (χ4v) is 2.80. The Morgan fingerprint density at radius 3 is 1.75 bits per heavy atom.